The van der Waals surface area contributed by atoms with Gasteiger partial charge in [-0.1, -0.05) is 6.92 Å². The van der Waals surface area contributed by atoms with Crippen LogP contribution < -0.4 is 0 Å². The largest absolute Gasteiger partial charge is 0.335 e. The van der Waals surface area contributed by atoms with E-state index in [1.807, 2.05) is 12.4 Å². The number of ketones is 1. The Hall–Kier alpha value is -1.12. The van der Waals surface area contributed by atoms with Crippen molar-refractivity contribution in [1.82, 2.24) is 9.55 Å². The van der Waals surface area contributed by atoms with Crippen LogP contribution in [0.4, 0.5) is 0 Å². The molecule has 1 rings (SSSR count). The maximum Gasteiger partial charge on any atom is 0.129 e. The Morgan fingerprint density at radius 2 is 2.38 bits per heavy atom. The number of nitrogens with zero attached hydrogens (tertiary/aromatic N) is 2. The van der Waals surface area contributed by atoms with Crippen LogP contribution in [0.2, 0.25) is 0 Å². The van der Waals surface area contributed by atoms with Crippen molar-refractivity contribution < 1.29 is 4.79 Å². The molecule has 3 nitrogen and oxygen atoms in total. The lowest BCUT2D eigenvalue weighted by Gasteiger charge is -2.04. The number of rotatable bonds is 5. The van der Waals surface area contributed by atoms with Gasteiger partial charge in [-0.05, 0) is 13.3 Å². The molecule has 0 aliphatic rings. The highest BCUT2D eigenvalue weighted by Gasteiger charge is 2.00. The zero-order valence-corrected chi connectivity index (χ0v) is 8.29. The Kier molecular flexibility index (Phi) is 3.68. The first kappa shape index (κ1) is 9.96. The summed E-state index contributed by atoms with van der Waals surface area (Å²) in [6, 6.07) is 0. The normalized spacial score (nSPS) is 10.3. The maximum atomic E-state index is 10.7. The van der Waals surface area contributed by atoms with Crippen molar-refractivity contribution in [3.05, 3.63) is 18.2 Å². The molecular weight excluding hydrogens is 164 g/mol. The Bertz CT molecular complexity index is 278. The van der Waals surface area contributed by atoms with Gasteiger partial charge in [0.2, 0.25) is 0 Å². The second-order valence-corrected chi connectivity index (χ2v) is 3.20. The van der Waals surface area contributed by atoms with Crippen LogP contribution in [0.3, 0.4) is 0 Å². The van der Waals surface area contributed by atoms with E-state index in [0.29, 0.717) is 6.42 Å². The van der Waals surface area contributed by atoms with E-state index < -0.39 is 0 Å². The van der Waals surface area contributed by atoms with Crippen molar-refractivity contribution in [1.29, 1.82) is 0 Å². The lowest BCUT2D eigenvalue weighted by molar-refractivity contribution is -0.117. The van der Waals surface area contributed by atoms with Gasteiger partial charge in [0.25, 0.3) is 0 Å². The number of aromatic nitrogens is 2. The third-order valence-electron chi connectivity index (χ3n) is 2.05. The fraction of sp³-hybridized carbons (Fsp3) is 0.600. The van der Waals surface area contributed by atoms with E-state index in [2.05, 4.69) is 16.5 Å². The van der Waals surface area contributed by atoms with Crippen LogP contribution in [0.1, 0.15) is 32.5 Å². The topological polar surface area (TPSA) is 34.9 Å². The molecule has 0 N–H and O–H groups in total. The Balaban J connectivity index is 2.40. The summed E-state index contributed by atoms with van der Waals surface area (Å²) in [5.74, 6) is 1.36. The third-order valence-corrected chi connectivity index (χ3v) is 2.05. The van der Waals surface area contributed by atoms with Gasteiger partial charge >= 0.3 is 0 Å². The summed E-state index contributed by atoms with van der Waals surface area (Å²) in [5, 5.41) is 0. The van der Waals surface area contributed by atoms with Gasteiger partial charge in [0, 0.05) is 31.8 Å². The molecule has 0 aliphatic heterocycles. The van der Waals surface area contributed by atoms with Crippen molar-refractivity contribution in [2.45, 2.75) is 39.7 Å². The van der Waals surface area contributed by atoms with Crippen LogP contribution in [0.15, 0.2) is 12.4 Å². The van der Waals surface area contributed by atoms with Crippen molar-refractivity contribution in [2.24, 2.45) is 0 Å². The molecule has 0 amide bonds. The molecule has 1 heterocycles. The van der Waals surface area contributed by atoms with Crippen molar-refractivity contribution in [3.8, 4) is 0 Å². The molecule has 1 aromatic rings. The average molecular weight is 180 g/mol. The van der Waals surface area contributed by atoms with Crippen LogP contribution in [0.5, 0.6) is 0 Å². The fourth-order valence-electron chi connectivity index (χ4n) is 1.36. The molecule has 0 fully saturated rings. The number of hydrogen-bond donors (Lipinski definition) is 0. The lowest BCUT2D eigenvalue weighted by Crippen LogP contribution is -2.03. The van der Waals surface area contributed by atoms with Crippen LogP contribution >= 0.6 is 0 Å². The molecule has 0 bridgehead atoms. The van der Waals surface area contributed by atoms with E-state index in [1.165, 1.54) is 0 Å². The molecule has 0 unspecified atom stereocenters. The van der Waals surface area contributed by atoms with Crippen molar-refractivity contribution >= 4 is 5.78 Å². The molecule has 1 aromatic heterocycles. The number of imidazole rings is 1. The summed E-state index contributed by atoms with van der Waals surface area (Å²) in [6.07, 6.45) is 6.32. The monoisotopic (exact) mass is 180 g/mol. The number of Topliss-reactive ketones (excluding diaryl/α,β-unsaturated/α-hetero) is 1. The molecule has 0 atom stereocenters. The first-order valence-electron chi connectivity index (χ1n) is 4.73. The summed E-state index contributed by atoms with van der Waals surface area (Å²) in [6.45, 7) is 4.63. The summed E-state index contributed by atoms with van der Waals surface area (Å²) in [4.78, 5) is 14.9. The zero-order chi connectivity index (χ0) is 9.68. The van der Waals surface area contributed by atoms with Gasteiger partial charge in [-0.15, -0.1) is 0 Å². The second-order valence-electron chi connectivity index (χ2n) is 3.20. The quantitative estimate of drug-likeness (QED) is 0.692. The molecule has 3 heteroatoms. The lowest BCUT2D eigenvalue weighted by atomic mass is 10.2. The number of carbonyl (C=O) groups excluding carboxylic acids is 1. The van der Waals surface area contributed by atoms with Crippen molar-refractivity contribution in [3.63, 3.8) is 0 Å². The van der Waals surface area contributed by atoms with Crippen LogP contribution in [-0.2, 0) is 17.8 Å². The van der Waals surface area contributed by atoms with E-state index in [1.54, 1.807) is 6.92 Å². The summed E-state index contributed by atoms with van der Waals surface area (Å²) < 4.78 is 2.11. The van der Waals surface area contributed by atoms with E-state index in [9.17, 15) is 4.79 Å². The molecule has 0 saturated carbocycles. The van der Waals surface area contributed by atoms with E-state index in [-0.39, 0.29) is 5.78 Å². The van der Waals surface area contributed by atoms with Gasteiger partial charge < -0.3 is 9.36 Å². The number of carbonyl (C=O) groups is 1. The predicted molar refractivity (Wildman–Crippen MR) is 51.5 cm³/mol. The molecule has 0 spiro atoms. The maximum absolute atomic E-state index is 10.7. The van der Waals surface area contributed by atoms with Gasteiger partial charge in [0.05, 0.1) is 0 Å². The van der Waals surface area contributed by atoms with Gasteiger partial charge in [0.15, 0.2) is 0 Å². The Morgan fingerprint density at radius 3 is 3.00 bits per heavy atom. The molecule has 0 radical (unpaired) electrons. The average Bonchev–Trinajstić information content (AvgIpc) is 2.51. The minimum Gasteiger partial charge on any atom is -0.335 e. The van der Waals surface area contributed by atoms with E-state index in [4.69, 9.17) is 0 Å². The number of aryl methyl sites for hydroxylation is 2. The summed E-state index contributed by atoms with van der Waals surface area (Å²) >= 11 is 0. The van der Waals surface area contributed by atoms with Gasteiger partial charge in [0.1, 0.15) is 11.6 Å². The molecule has 13 heavy (non-hydrogen) atoms. The standard InChI is InChI=1S/C10H16N2O/c1-3-10-11-6-8-12(10)7-4-5-9(2)13/h6,8H,3-5,7H2,1-2H3. The molecule has 0 aliphatic carbocycles. The van der Waals surface area contributed by atoms with Crippen molar-refractivity contribution in [2.75, 3.05) is 0 Å². The van der Waals surface area contributed by atoms with Crippen LogP contribution in [0.25, 0.3) is 0 Å². The van der Waals surface area contributed by atoms with E-state index >= 15 is 0 Å². The van der Waals surface area contributed by atoms with Gasteiger partial charge in [-0.25, -0.2) is 4.98 Å². The predicted octanol–water partition coefficient (Wildman–Crippen LogP) is 1.81. The van der Waals surface area contributed by atoms with E-state index in [0.717, 1.165) is 25.2 Å². The van der Waals surface area contributed by atoms with Crippen LogP contribution in [0, 0.1) is 0 Å². The minimum atomic E-state index is 0.262. The van der Waals surface area contributed by atoms with Gasteiger partial charge in [-0.2, -0.15) is 0 Å². The highest BCUT2D eigenvalue weighted by Crippen LogP contribution is 2.02. The minimum absolute atomic E-state index is 0.262. The molecule has 72 valence electrons. The number of hydrogen-bond acceptors (Lipinski definition) is 2. The third kappa shape index (κ3) is 3.01. The Labute approximate surface area is 78.8 Å². The zero-order valence-electron chi connectivity index (χ0n) is 8.29. The highest BCUT2D eigenvalue weighted by atomic mass is 16.1. The molecular formula is C10H16N2O. The SMILES string of the molecule is CCc1nccn1CCCC(C)=O. The first-order valence-corrected chi connectivity index (χ1v) is 4.73. The summed E-state index contributed by atoms with van der Waals surface area (Å²) in [7, 11) is 0. The molecule has 0 saturated heterocycles. The second kappa shape index (κ2) is 4.80. The smallest absolute Gasteiger partial charge is 0.129 e. The molecule has 0 aromatic carbocycles. The van der Waals surface area contributed by atoms with Crippen LogP contribution in [-0.4, -0.2) is 15.3 Å². The highest BCUT2D eigenvalue weighted by molar-refractivity contribution is 5.75. The van der Waals surface area contributed by atoms with Gasteiger partial charge in [-0.3, -0.25) is 0 Å². The summed E-state index contributed by atoms with van der Waals surface area (Å²) in [5.41, 5.74) is 0. The Morgan fingerprint density at radius 1 is 1.62 bits per heavy atom. The first-order chi connectivity index (χ1) is 6.24. The fourth-order valence-corrected chi connectivity index (χ4v) is 1.36.